The fraction of sp³-hybridized carbons (Fsp3) is 0.800. The monoisotopic (exact) mass is 311 g/mol. The average molecular weight is 311 g/mol. The summed E-state index contributed by atoms with van der Waals surface area (Å²) in [6.07, 6.45) is 2.67. The molecule has 0 rings (SSSR count). The van der Waals surface area contributed by atoms with Crippen LogP contribution in [0.25, 0.3) is 0 Å². The minimum atomic E-state index is 0. The van der Waals surface area contributed by atoms with Crippen LogP contribution in [0.2, 0.25) is 0 Å². The molecule has 0 aliphatic heterocycles. The van der Waals surface area contributed by atoms with E-state index in [2.05, 4.69) is 0 Å². The Balaban J connectivity index is 0. The Morgan fingerprint density at radius 1 is 1.50 bits per heavy atom. The van der Waals surface area contributed by atoms with Crippen molar-refractivity contribution in [2.24, 2.45) is 0 Å². The molecule has 36 valence electrons. The summed E-state index contributed by atoms with van der Waals surface area (Å²) in [5.74, 6) is 0. The Morgan fingerprint density at radius 3 is 1.83 bits per heavy atom. The third-order valence-electron chi connectivity index (χ3n) is 0.500. The van der Waals surface area contributed by atoms with E-state index in [0.29, 0.717) is 0 Å². The van der Waals surface area contributed by atoms with Crippen molar-refractivity contribution >= 4 is 0 Å². The maximum absolute atomic E-state index is 6.99. The van der Waals surface area contributed by atoms with Gasteiger partial charge in [0.15, 0.2) is 0 Å². The third kappa shape index (κ3) is 8.90. The second-order valence-electron chi connectivity index (χ2n) is 0.957. The molecule has 0 aliphatic rings. The molecule has 0 saturated heterocycles. The van der Waals surface area contributed by atoms with Gasteiger partial charge in [0.05, 0.1) is 0 Å². The maximum atomic E-state index is 6.99. The summed E-state index contributed by atoms with van der Waals surface area (Å²) in [6.45, 7) is 4.01. The van der Waals surface area contributed by atoms with Gasteiger partial charge in [-0.15, -0.1) is 0 Å². The normalized spacial score (nSPS) is 10.2. The van der Waals surface area contributed by atoms with Crippen molar-refractivity contribution < 1.29 is 32.5 Å². The van der Waals surface area contributed by atoms with E-state index >= 15 is 0 Å². The standard InChI is InChI=1S/C5H11.U/c1-3-5-4-2;/h5H,3-4H2,1-2H3;/q-1;/i5T;. The van der Waals surface area contributed by atoms with Gasteiger partial charge in [-0.05, 0) is 0 Å². The Bertz CT molecular complexity index is 27.3. The van der Waals surface area contributed by atoms with Gasteiger partial charge in [0, 0.05) is 31.1 Å². The van der Waals surface area contributed by atoms with E-state index in [4.69, 9.17) is 1.37 Å². The van der Waals surface area contributed by atoms with Gasteiger partial charge in [0.25, 0.3) is 0 Å². The summed E-state index contributed by atoms with van der Waals surface area (Å²) >= 11 is 0. The first kappa shape index (κ1) is 7.05. The Kier molecular flexibility index (Phi) is 11.1. The minimum absolute atomic E-state index is 0. The van der Waals surface area contributed by atoms with Gasteiger partial charge in [-0.3, -0.25) is 0 Å². The number of hydrogen-bond acceptors (Lipinski definition) is 0. The van der Waals surface area contributed by atoms with Crippen LogP contribution in [0.15, 0.2) is 0 Å². The molecule has 0 aromatic heterocycles. The van der Waals surface area contributed by atoms with Crippen molar-refractivity contribution in [3.8, 4) is 0 Å². The van der Waals surface area contributed by atoms with Crippen molar-refractivity contribution in [3.63, 3.8) is 0 Å². The molecule has 6 heavy (non-hydrogen) atoms. The van der Waals surface area contributed by atoms with Gasteiger partial charge in [0.1, 0.15) is 0 Å². The first-order chi connectivity index (χ1) is 2.81. The van der Waals surface area contributed by atoms with Gasteiger partial charge >= 0.3 is 0 Å². The summed E-state index contributed by atoms with van der Waals surface area (Å²) < 4.78 is 6.99. The van der Waals surface area contributed by atoms with Gasteiger partial charge in [-0.25, -0.2) is 1.37 Å². The molecule has 0 fully saturated rings. The van der Waals surface area contributed by atoms with Crippen molar-refractivity contribution in [3.05, 3.63) is 6.40 Å². The molecule has 0 aliphatic carbocycles. The second kappa shape index (κ2) is 9.41. The van der Waals surface area contributed by atoms with Crippen LogP contribution in [0.3, 0.4) is 0 Å². The van der Waals surface area contributed by atoms with Crippen LogP contribution in [0.1, 0.15) is 28.1 Å². The average Bonchev–Trinajstić information content (AvgIpc) is 1.65. The van der Waals surface area contributed by atoms with Crippen LogP contribution in [0, 0.1) is 37.5 Å². The van der Waals surface area contributed by atoms with Gasteiger partial charge < -0.3 is 6.40 Å². The number of rotatable bonds is 2. The van der Waals surface area contributed by atoms with E-state index in [-0.39, 0.29) is 31.1 Å². The summed E-state index contributed by atoms with van der Waals surface area (Å²) in [5.41, 5.74) is 0. The van der Waals surface area contributed by atoms with Crippen molar-refractivity contribution in [2.45, 2.75) is 26.7 Å². The van der Waals surface area contributed by atoms with Crippen LogP contribution in [0.4, 0.5) is 0 Å². The van der Waals surface area contributed by atoms with Crippen LogP contribution in [-0.4, -0.2) is 0 Å². The molecule has 0 spiro atoms. The fourth-order valence-electron chi connectivity index (χ4n) is 0.250. The molecule has 0 amide bonds. The molecule has 0 saturated carbocycles. The predicted molar refractivity (Wildman–Crippen MR) is 24.9 cm³/mol. The molecule has 0 bridgehead atoms. The summed E-state index contributed by atoms with van der Waals surface area (Å²) in [5, 5.41) is 0. The van der Waals surface area contributed by atoms with E-state index in [1.807, 2.05) is 13.8 Å². The van der Waals surface area contributed by atoms with Gasteiger partial charge in [-0.2, -0.15) is 12.8 Å². The fourth-order valence-corrected chi connectivity index (χ4v) is 0.250. The zero-order valence-corrected chi connectivity index (χ0v) is 8.58. The molecule has 0 N–H and O–H groups in total. The van der Waals surface area contributed by atoms with Crippen molar-refractivity contribution in [1.82, 2.24) is 0 Å². The van der Waals surface area contributed by atoms with Crippen molar-refractivity contribution in [1.29, 1.82) is 0 Å². The maximum Gasteiger partial charge on any atom is 0 e. The SMILES string of the molecule is [3H][C-](CC)CC.[U]. The topological polar surface area (TPSA) is 0 Å². The molecule has 0 radical (unpaired) electrons. The second-order valence-corrected chi connectivity index (χ2v) is 0.957. The zero-order valence-electron chi connectivity index (χ0n) is 5.41. The molecule has 0 unspecified atom stereocenters. The Labute approximate surface area is 65.5 Å². The molecule has 0 aromatic rings. The van der Waals surface area contributed by atoms with E-state index in [1.54, 1.807) is 0 Å². The van der Waals surface area contributed by atoms with Gasteiger partial charge in [-0.1, -0.05) is 13.8 Å². The first-order valence-electron chi connectivity index (χ1n) is 2.62. The minimum Gasteiger partial charge on any atom is -0.329 e. The van der Waals surface area contributed by atoms with Crippen LogP contribution in [0.5, 0.6) is 0 Å². The van der Waals surface area contributed by atoms with Crippen LogP contribution < -0.4 is 0 Å². The van der Waals surface area contributed by atoms with E-state index in [9.17, 15) is 0 Å². The predicted octanol–water partition coefficient (Wildman–Crippen LogP) is 2.01. The van der Waals surface area contributed by atoms with E-state index in [0.717, 1.165) is 19.2 Å². The molecule has 0 heterocycles. The molecule has 1 heteroatoms. The van der Waals surface area contributed by atoms with E-state index in [1.165, 1.54) is 0 Å². The Hall–Kier alpha value is 1.05. The quantitative estimate of drug-likeness (QED) is 0.685. The summed E-state index contributed by atoms with van der Waals surface area (Å²) in [6, 6.07) is 0. The number of hydrogen-bond donors (Lipinski definition) is 0. The molecular weight excluding hydrogens is 298 g/mol. The zero-order chi connectivity index (χ0) is 4.99. The van der Waals surface area contributed by atoms with E-state index < -0.39 is 0 Å². The van der Waals surface area contributed by atoms with Crippen molar-refractivity contribution in [2.75, 3.05) is 0 Å². The molecule has 0 atom stereocenters. The Morgan fingerprint density at radius 2 is 1.83 bits per heavy atom. The molecule has 0 nitrogen and oxygen atoms in total. The molecule has 0 aromatic carbocycles. The largest absolute Gasteiger partial charge is 0.329 e. The third-order valence-corrected chi connectivity index (χ3v) is 0.500. The first-order valence-corrected chi connectivity index (χ1v) is 2.12. The van der Waals surface area contributed by atoms with Crippen LogP contribution >= 0.6 is 0 Å². The molecular formula is C5H11U-. The smallest absolute Gasteiger partial charge is 0 e. The summed E-state index contributed by atoms with van der Waals surface area (Å²) in [7, 11) is 0. The van der Waals surface area contributed by atoms with Gasteiger partial charge in [0.2, 0.25) is 0 Å². The van der Waals surface area contributed by atoms with Crippen LogP contribution in [-0.2, 0) is 0 Å². The summed E-state index contributed by atoms with van der Waals surface area (Å²) in [4.78, 5) is 0.